The number of piperidine rings is 1. The van der Waals surface area contributed by atoms with E-state index < -0.39 is 0 Å². The lowest BCUT2D eigenvalue weighted by Gasteiger charge is -2.36. The molecule has 2 atom stereocenters. The highest BCUT2D eigenvalue weighted by atomic mass is 15.1. The molecule has 2 unspecified atom stereocenters. The quantitative estimate of drug-likeness (QED) is 0.839. The molecule has 1 aromatic carbocycles. The average Bonchev–Trinajstić information content (AvgIpc) is 2.33. The first-order valence-corrected chi connectivity index (χ1v) is 6.31. The van der Waals surface area contributed by atoms with Crippen LogP contribution in [0.25, 0.3) is 0 Å². The molecule has 1 aliphatic heterocycles. The van der Waals surface area contributed by atoms with Crippen molar-refractivity contribution in [3.8, 4) is 0 Å². The fraction of sp³-hybridized carbons (Fsp3) is 0.571. The zero-order chi connectivity index (χ0) is 11.4. The van der Waals surface area contributed by atoms with Crippen LogP contribution in [-0.4, -0.2) is 30.6 Å². The monoisotopic (exact) mass is 218 g/mol. The standard InChI is InChI=1S/C14H22N2/c1-2-16-9-8-14(15)13(11-16)10-12-6-4-3-5-7-12/h3-7,13-14H,2,8-11,15H2,1H3. The Balaban J connectivity index is 1.97. The van der Waals surface area contributed by atoms with Crippen LogP contribution in [0.3, 0.4) is 0 Å². The van der Waals surface area contributed by atoms with Gasteiger partial charge in [0.25, 0.3) is 0 Å². The van der Waals surface area contributed by atoms with Gasteiger partial charge in [-0.1, -0.05) is 37.3 Å². The largest absolute Gasteiger partial charge is 0.327 e. The van der Waals surface area contributed by atoms with E-state index in [1.54, 1.807) is 0 Å². The smallest absolute Gasteiger partial charge is 0.00947 e. The molecule has 1 saturated heterocycles. The van der Waals surface area contributed by atoms with Gasteiger partial charge in [0.05, 0.1) is 0 Å². The summed E-state index contributed by atoms with van der Waals surface area (Å²) in [6.07, 6.45) is 2.27. The maximum absolute atomic E-state index is 6.22. The lowest BCUT2D eigenvalue weighted by Crippen LogP contribution is -2.47. The van der Waals surface area contributed by atoms with Gasteiger partial charge in [-0.05, 0) is 37.4 Å². The number of benzene rings is 1. The van der Waals surface area contributed by atoms with Gasteiger partial charge in [-0.15, -0.1) is 0 Å². The van der Waals surface area contributed by atoms with Crippen molar-refractivity contribution < 1.29 is 0 Å². The van der Waals surface area contributed by atoms with Crippen molar-refractivity contribution in [2.75, 3.05) is 19.6 Å². The van der Waals surface area contributed by atoms with Crippen molar-refractivity contribution >= 4 is 0 Å². The first-order chi connectivity index (χ1) is 7.79. The minimum Gasteiger partial charge on any atom is -0.327 e. The van der Waals surface area contributed by atoms with E-state index in [1.165, 1.54) is 12.1 Å². The number of rotatable bonds is 3. The normalized spacial score (nSPS) is 26.9. The molecule has 2 N–H and O–H groups in total. The van der Waals surface area contributed by atoms with E-state index in [0.29, 0.717) is 12.0 Å². The topological polar surface area (TPSA) is 29.3 Å². The third-order valence-corrected chi connectivity index (χ3v) is 3.66. The maximum Gasteiger partial charge on any atom is 0.00947 e. The molecular formula is C14H22N2. The average molecular weight is 218 g/mol. The van der Waals surface area contributed by atoms with Crippen LogP contribution < -0.4 is 5.73 Å². The zero-order valence-electron chi connectivity index (χ0n) is 10.1. The second-order valence-electron chi connectivity index (χ2n) is 4.80. The van der Waals surface area contributed by atoms with Gasteiger partial charge >= 0.3 is 0 Å². The van der Waals surface area contributed by atoms with E-state index in [4.69, 9.17) is 5.73 Å². The number of hydrogen-bond donors (Lipinski definition) is 1. The maximum atomic E-state index is 6.22. The summed E-state index contributed by atoms with van der Waals surface area (Å²) in [5, 5.41) is 0. The molecule has 2 heteroatoms. The van der Waals surface area contributed by atoms with Crippen molar-refractivity contribution in [1.29, 1.82) is 0 Å². The molecule has 1 fully saturated rings. The summed E-state index contributed by atoms with van der Waals surface area (Å²) in [7, 11) is 0. The number of nitrogens with two attached hydrogens (primary N) is 1. The molecule has 0 bridgehead atoms. The van der Waals surface area contributed by atoms with Crippen LogP contribution in [0.5, 0.6) is 0 Å². The predicted molar refractivity (Wildman–Crippen MR) is 68.3 cm³/mol. The number of nitrogens with zero attached hydrogens (tertiary/aromatic N) is 1. The van der Waals surface area contributed by atoms with Gasteiger partial charge in [-0.3, -0.25) is 0 Å². The van der Waals surface area contributed by atoms with E-state index in [9.17, 15) is 0 Å². The fourth-order valence-electron chi connectivity index (χ4n) is 2.55. The van der Waals surface area contributed by atoms with E-state index in [1.807, 2.05) is 0 Å². The molecule has 0 amide bonds. The van der Waals surface area contributed by atoms with Crippen molar-refractivity contribution in [3.63, 3.8) is 0 Å². The Bertz CT molecular complexity index is 310. The van der Waals surface area contributed by atoms with Crippen LogP contribution in [0.1, 0.15) is 18.9 Å². The highest BCUT2D eigenvalue weighted by molar-refractivity contribution is 5.16. The molecule has 88 valence electrons. The molecule has 1 aliphatic rings. The van der Waals surface area contributed by atoms with Crippen LogP contribution in [0.15, 0.2) is 30.3 Å². The molecule has 0 radical (unpaired) electrons. The highest BCUT2D eigenvalue weighted by Crippen LogP contribution is 2.19. The molecule has 16 heavy (non-hydrogen) atoms. The molecule has 0 saturated carbocycles. The Kier molecular flexibility index (Phi) is 3.97. The molecule has 1 heterocycles. The lowest BCUT2D eigenvalue weighted by molar-refractivity contribution is 0.161. The highest BCUT2D eigenvalue weighted by Gasteiger charge is 2.25. The Labute approximate surface area is 98.4 Å². The molecule has 0 aromatic heterocycles. The Morgan fingerprint density at radius 1 is 1.31 bits per heavy atom. The molecule has 0 spiro atoms. The zero-order valence-corrected chi connectivity index (χ0v) is 10.1. The molecular weight excluding hydrogens is 196 g/mol. The summed E-state index contributed by atoms with van der Waals surface area (Å²) in [4.78, 5) is 2.51. The molecule has 2 nitrogen and oxygen atoms in total. The van der Waals surface area contributed by atoms with E-state index >= 15 is 0 Å². The fourth-order valence-corrected chi connectivity index (χ4v) is 2.55. The third-order valence-electron chi connectivity index (χ3n) is 3.66. The predicted octanol–water partition coefficient (Wildman–Crippen LogP) is 1.90. The van der Waals surface area contributed by atoms with Crippen molar-refractivity contribution in [3.05, 3.63) is 35.9 Å². The Morgan fingerprint density at radius 2 is 2.06 bits per heavy atom. The number of hydrogen-bond acceptors (Lipinski definition) is 2. The van der Waals surface area contributed by atoms with Crippen molar-refractivity contribution in [2.45, 2.75) is 25.8 Å². The van der Waals surface area contributed by atoms with Crippen LogP contribution in [0.2, 0.25) is 0 Å². The SMILES string of the molecule is CCN1CCC(N)C(Cc2ccccc2)C1. The Morgan fingerprint density at radius 3 is 2.75 bits per heavy atom. The minimum atomic E-state index is 0.378. The summed E-state index contributed by atoms with van der Waals surface area (Å²) in [6.45, 7) is 5.71. The van der Waals surface area contributed by atoms with Crippen LogP contribution in [0, 0.1) is 5.92 Å². The van der Waals surface area contributed by atoms with E-state index in [-0.39, 0.29) is 0 Å². The van der Waals surface area contributed by atoms with E-state index in [2.05, 4.69) is 42.2 Å². The van der Waals surface area contributed by atoms with Gasteiger partial charge in [0, 0.05) is 12.6 Å². The summed E-state index contributed by atoms with van der Waals surface area (Å²) < 4.78 is 0. The second kappa shape index (κ2) is 5.46. The summed E-state index contributed by atoms with van der Waals surface area (Å²) in [5.41, 5.74) is 7.63. The van der Waals surface area contributed by atoms with Crippen LogP contribution >= 0.6 is 0 Å². The summed E-state index contributed by atoms with van der Waals surface area (Å²) >= 11 is 0. The van der Waals surface area contributed by atoms with E-state index in [0.717, 1.165) is 25.9 Å². The van der Waals surface area contributed by atoms with Gasteiger partial charge < -0.3 is 10.6 Å². The van der Waals surface area contributed by atoms with Crippen LogP contribution in [0.4, 0.5) is 0 Å². The van der Waals surface area contributed by atoms with Gasteiger partial charge in [0.1, 0.15) is 0 Å². The Hall–Kier alpha value is -0.860. The minimum absolute atomic E-state index is 0.378. The molecule has 0 aliphatic carbocycles. The first kappa shape index (κ1) is 11.6. The summed E-state index contributed by atoms with van der Waals surface area (Å²) in [5.74, 6) is 0.621. The second-order valence-corrected chi connectivity index (χ2v) is 4.80. The van der Waals surface area contributed by atoms with Crippen molar-refractivity contribution in [1.82, 2.24) is 4.90 Å². The van der Waals surface area contributed by atoms with Gasteiger partial charge in [0.2, 0.25) is 0 Å². The van der Waals surface area contributed by atoms with Gasteiger partial charge in [0.15, 0.2) is 0 Å². The van der Waals surface area contributed by atoms with Crippen molar-refractivity contribution in [2.24, 2.45) is 11.7 Å². The number of likely N-dealkylation sites (tertiary alicyclic amines) is 1. The first-order valence-electron chi connectivity index (χ1n) is 6.31. The van der Waals surface area contributed by atoms with Gasteiger partial charge in [-0.25, -0.2) is 0 Å². The summed E-state index contributed by atoms with van der Waals surface area (Å²) in [6, 6.07) is 11.1. The van der Waals surface area contributed by atoms with Crippen LogP contribution in [-0.2, 0) is 6.42 Å². The molecule has 1 aromatic rings. The van der Waals surface area contributed by atoms with Gasteiger partial charge in [-0.2, -0.15) is 0 Å². The third kappa shape index (κ3) is 2.83. The molecule has 2 rings (SSSR count). The lowest BCUT2D eigenvalue weighted by atomic mass is 9.87.